The van der Waals surface area contributed by atoms with Gasteiger partial charge in [-0.25, -0.2) is 4.79 Å². The van der Waals surface area contributed by atoms with Crippen molar-refractivity contribution >= 4 is 17.8 Å². The minimum absolute atomic E-state index is 0.811. The van der Waals surface area contributed by atoms with Crippen LogP contribution in [0.1, 0.15) is 20.3 Å². The van der Waals surface area contributed by atoms with E-state index in [-0.39, 0.29) is 0 Å². The zero-order valence-corrected chi connectivity index (χ0v) is 36.2. The third-order valence-corrected chi connectivity index (χ3v) is 12.1. The lowest BCUT2D eigenvalue weighted by molar-refractivity contribution is -0.390. The number of aliphatic hydroxyl groups excluding tert-OH is 16. The van der Waals surface area contributed by atoms with Crippen LogP contribution in [0.4, 0.5) is 0 Å². The largest absolute Gasteiger partial charge is 0.477 e. The van der Waals surface area contributed by atoms with Gasteiger partial charge in [-0.2, -0.15) is 0 Å². The molecule has 0 aliphatic carbocycles. The normalized spacial score (nSPS) is 46.6. The molecule has 68 heavy (non-hydrogen) atoms. The second-order valence-corrected chi connectivity index (χ2v) is 16.8. The first-order valence-corrected chi connectivity index (χ1v) is 21.2. The van der Waals surface area contributed by atoms with Crippen molar-refractivity contribution < 1.29 is 144 Å². The van der Waals surface area contributed by atoms with Crippen molar-refractivity contribution in [1.82, 2.24) is 10.6 Å². The highest BCUT2D eigenvalue weighted by Gasteiger charge is 2.61. The zero-order chi connectivity index (χ0) is 50.7. The highest BCUT2D eigenvalue weighted by atomic mass is 16.8. The number of nitrogens with one attached hydrogen (secondary N) is 2. The summed E-state index contributed by atoms with van der Waals surface area (Å²) in [5.74, 6) is -6.92. The molecule has 0 aromatic heterocycles. The number of carboxylic acids is 1. The smallest absolute Gasteiger partial charge is 0.364 e. The fourth-order valence-corrected chi connectivity index (χ4v) is 8.54. The van der Waals surface area contributed by atoms with Gasteiger partial charge in [0.15, 0.2) is 25.2 Å². The van der Waals surface area contributed by atoms with Gasteiger partial charge in [-0.15, -0.1) is 0 Å². The minimum Gasteiger partial charge on any atom is -0.477 e. The van der Waals surface area contributed by atoms with Crippen molar-refractivity contribution in [3.8, 4) is 0 Å². The summed E-state index contributed by atoms with van der Waals surface area (Å²) in [6.07, 6.45) is -47.0. The highest BCUT2D eigenvalue weighted by Crippen LogP contribution is 2.39. The van der Waals surface area contributed by atoms with E-state index in [1.165, 1.54) is 0 Å². The molecule has 5 aliphatic heterocycles. The lowest BCUT2D eigenvalue weighted by Gasteiger charge is -2.51. The van der Waals surface area contributed by atoms with Crippen LogP contribution in [0.15, 0.2) is 0 Å². The Hall–Kier alpha value is -2.59. The SMILES string of the molecule is CC(=O)N[C@H]1[C@H](O[C@H]2[C@@H](O)[C@@H](CO)O[C@@H](O[C@H]3[C@H](O)[C@@H](O)[C@H](O)O[C@@H]3CO)[C@@H]2O)O[C@H](CO)[C@@H](O[C@@H]2O[C@H](CO)[C@H](O)[C@H](O[C@@]3(C(=O)O)C[C@H](O)[C@@H](NC(C)=O)[C@H]([C@H](O)[C@H](O)CO)O3)[C@H]2O)[C@@H]1O. The molecule has 19 N–H and O–H groups in total. The lowest BCUT2D eigenvalue weighted by atomic mass is 9.88. The van der Waals surface area contributed by atoms with Crippen LogP contribution >= 0.6 is 0 Å². The van der Waals surface area contributed by atoms with Crippen LogP contribution in [0.3, 0.4) is 0 Å². The molecule has 0 saturated carbocycles. The fourth-order valence-electron chi connectivity index (χ4n) is 8.54. The molecule has 0 aromatic rings. The van der Waals surface area contributed by atoms with Crippen LogP contribution in [0.2, 0.25) is 0 Å². The first-order valence-electron chi connectivity index (χ1n) is 21.2. The maximum absolute atomic E-state index is 12.9. The van der Waals surface area contributed by atoms with Crippen molar-refractivity contribution in [1.29, 1.82) is 0 Å². The summed E-state index contributed by atoms with van der Waals surface area (Å²) in [6, 6.07) is -3.47. The zero-order valence-electron chi connectivity index (χ0n) is 36.2. The monoisotopic (exact) mass is 998 g/mol. The molecule has 0 bridgehead atoms. The number of aliphatic carboxylic acids is 1. The maximum atomic E-state index is 12.9. The van der Waals surface area contributed by atoms with E-state index < -0.39 is 216 Å². The minimum atomic E-state index is -3.17. The van der Waals surface area contributed by atoms with Gasteiger partial charge in [-0.05, 0) is 0 Å². The summed E-state index contributed by atoms with van der Waals surface area (Å²) in [5, 5.41) is 185. The number of carbonyl (C=O) groups excluding carboxylic acids is 2. The number of carboxylic acid groups (broad SMARTS) is 1. The van der Waals surface area contributed by atoms with Gasteiger partial charge in [0.25, 0.3) is 5.79 Å². The van der Waals surface area contributed by atoms with E-state index in [4.69, 9.17) is 42.6 Å². The Morgan fingerprint density at radius 3 is 1.53 bits per heavy atom. The Bertz CT molecular complexity index is 1660. The molecular formula is C37H62N2O29. The standard InChI is InChI=1S/C37H62N2O29/c1-9(45)38-17-11(47)3-37(36(58)59,67-29(17)19(49)12(48)4-40)68-31-21(51)14(6-42)62-35(26(31)56)64-27-16(8-44)63-33(18(22(27)52)39-10(2)46)66-30-20(50)13(5-41)61-34(25(30)55)65-28-15(7-43)60-32(57)24(54)23(28)53/h11-35,40-44,47-57H,3-8H2,1-2H3,(H,38,45)(H,39,46)(H,58,59)/t11-,12+,13+,14+,15+,16+,17+,18+,19+,20-,21-,22+,23+,24+,25+,26+,27+,28+,29+,30-,31-,32+,33-,34-,35-,37+/m0/s1. The summed E-state index contributed by atoms with van der Waals surface area (Å²) in [7, 11) is 0. The topological polar surface area (TPSA) is 502 Å². The Morgan fingerprint density at radius 1 is 0.574 bits per heavy atom. The van der Waals surface area contributed by atoms with Crippen LogP contribution in [-0.2, 0) is 57.0 Å². The van der Waals surface area contributed by atoms with Gasteiger partial charge < -0.3 is 140 Å². The highest BCUT2D eigenvalue weighted by molar-refractivity contribution is 5.76. The van der Waals surface area contributed by atoms with Gasteiger partial charge in [0, 0.05) is 20.3 Å². The second-order valence-electron chi connectivity index (χ2n) is 16.8. The van der Waals surface area contributed by atoms with Crippen LogP contribution in [0, 0.1) is 0 Å². The van der Waals surface area contributed by atoms with E-state index >= 15 is 0 Å². The first-order chi connectivity index (χ1) is 32.0. The summed E-state index contributed by atoms with van der Waals surface area (Å²) in [4.78, 5) is 37.4. The van der Waals surface area contributed by atoms with Crippen molar-refractivity contribution in [3.63, 3.8) is 0 Å². The van der Waals surface area contributed by atoms with Gasteiger partial charge in [0.2, 0.25) is 11.8 Å². The molecule has 0 unspecified atom stereocenters. The molecule has 0 radical (unpaired) electrons. The van der Waals surface area contributed by atoms with E-state index in [1.54, 1.807) is 0 Å². The molecule has 5 aliphatic rings. The van der Waals surface area contributed by atoms with Crippen molar-refractivity contribution in [2.45, 2.75) is 179 Å². The average Bonchev–Trinajstić information content (AvgIpc) is 3.29. The number of hydrogen-bond acceptors (Lipinski definition) is 28. The van der Waals surface area contributed by atoms with E-state index in [2.05, 4.69) is 10.6 Å². The quantitative estimate of drug-likeness (QED) is 0.0606. The van der Waals surface area contributed by atoms with E-state index in [9.17, 15) is 101 Å². The molecule has 26 atom stereocenters. The lowest BCUT2D eigenvalue weighted by Crippen LogP contribution is -2.71. The van der Waals surface area contributed by atoms with E-state index in [0.717, 1.165) is 13.8 Å². The predicted molar refractivity (Wildman–Crippen MR) is 207 cm³/mol. The van der Waals surface area contributed by atoms with Crippen LogP contribution in [-0.4, -0.2) is 297 Å². The molecule has 31 heteroatoms. The Balaban J connectivity index is 1.40. The van der Waals surface area contributed by atoms with Crippen molar-refractivity contribution in [2.24, 2.45) is 0 Å². The summed E-state index contributed by atoms with van der Waals surface area (Å²) >= 11 is 0. The number of hydrogen-bond donors (Lipinski definition) is 19. The van der Waals surface area contributed by atoms with Crippen LogP contribution < -0.4 is 10.6 Å². The van der Waals surface area contributed by atoms with Crippen molar-refractivity contribution in [2.75, 3.05) is 33.0 Å². The number of rotatable bonds is 18. The fraction of sp³-hybridized carbons (Fsp3) is 0.919. The number of amides is 2. The Labute approximate surface area is 384 Å². The van der Waals surface area contributed by atoms with E-state index in [0.29, 0.717) is 0 Å². The van der Waals surface area contributed by atoms with Gasteiger partial charge >= 0.3 is 5.97 Å². The third-order valence-electron chi connectivity index (χ3n) is 12.1. The van der Waals surface area contributed by atoms with Gasteiger partial charge in [0.1, 0.15) is 116 Å². The van der Waals surface area contributed by atoms with Gasteiger partial charge in [0.05, 0.1) is 45.2 Å². The van der Waals surface area contributed by atoms with Gasteiger partial charge in [-0.1, -0.05) is 0 Å². The molecule has 5 heterocycles. The second kappa shape index (κ2) is 23.8. The molecule has 5 rings (SSSR count). The number of carbonyl (C=O) groups is 3. The first kappa shape index (κ1) is 56.3. The molecule has 5 fully saturated rings. The summed E-state index contributed by atoms with van der Waals surface area (Å²) < 4.78 is 50.5. The summed E-state index contributed by atoms with van der Waals surface area (Å²) in [5.41, 5.74) is 0. The molecular weight excluding hydrogens is 936 g/mol. The molecule has 31 nitrogen and oxygen atoms in total. The number of ether oxygens (including phenoxy) is 9. The molecule has 5 saturated heterocycles. The Morgan fingerprint density at radius 2 is 1.03 bits per heavy atom. The molecule has 0 aromatic carbocycles. The average molecular weight is 999 g/mol. The molecule has 394 valence electrons. The van der Waals surface area contributed by atoms with Crippen LogP contribution in [0.25, 0.3) is 0 Å². The van der Waals surface area contributed by atoms with Crippen molar-refractivity contribution in [3.05, 3.63) is 0 Å². The Kier molecular flexibility index (Phi) is 19.7. The summed E-state index contributed by atoms with van der Waals surface area (Å²) in [6.45, 7) is -3.23. The predicted octanol–water partition coefficient (Wildman–Crippen LogP) is -12.4. The molecule has 2 amide bonds. The van der Waals surface area contributed by atoms with Crippen LogP contribution in [0.5, 0.6) is 0 Å². The number of aliphatic hydroxyl groups is 16. The third kappa shape index (κ3) is 11.8. The molecule has 0 spiro atoms. The van der Waals surface area contributed by atoms with E-state index in [1.807, 2.05) is 0 Å². The van der Waals surface area contributed by atoms with Gasteiger partial charge in [-0.3, -0.25) is 9.59 Å². The maximum Gasteiger partial charge on any atom is 0.364 e.